The lowest BCUT2D eigenvalue weighted by Crippen LogP contribution is -2.26. The molecule has 0 aliphatic rings. The molecular weight excluding hydrogens is 357 g/mol. The summed E-state index contributed by atoms with van der Waals surface area (Å²) < 4.78 is 32.0. The molecule has 0 heterocycles. The molecule has 124 valence electrons. The summed E-state index contributed by atoms with van der Waals surface area (Å²) in [6.45, 7) is 2.65. The molecule has 0 saturated carbocycles. The summed E-state index contributed by atoms with van der Waals surface area (Å²) in [6, 6.07) is 11.7. The Bertz CT molecular complexity index is 794. The van der Waals surface area contributed by atoms with Crippen LogP contribution in [0.2, 0.25) is 10.0 Å². The summed E-state index contributed by atoms with van der Waals surface area (Å²) in [4.78, 5) is -0.00451. The first-order chi connectivity index (χ1) is 10.8. The highest BCUT2D eigenvalue weighted by atomic mass is 35.5. The van der Waals surface area contributed by atoms with Crippen molar-refractivity contribution in [1.82, 2.24) is 4.31 Å². The zero-order chi connectivity index (χ0) is 17.0. The van der Waals surface area contributed by atoms with Gasteiger partial charge in [-0.1, -0.05) is 35.3 Å². The van der Waals surface area contributed by atoms with Gasteiger partial charge in [0.2, 0.25) is 10.0 Å². The molecule has 0 unspecified atom stereocenters. The largest absolute Gasteiger partial charge is 0.494 e. The standard InChI is InChI=1S/C16H17Cl2NO3S/c1-3-22-14-6-4-5-12(9-14)11-19(2)23(20,21)16-10-13(17)7-8-15(16)18/h4-10H,3,11H2,1-2H3. The lowest BCUT2D eigenvalue weighted by molar-refractivity contribution is 0.339. The predicted molar refractivity (Wildman–Crippen MR) is 92.7 cm³/mol. The number of nitrogens with zero attached hydrogens (tertiary/aromatic N) is 1. The first-order valence-electron chi connectivity index (χ1n) is 6.97. The molecule has 2 aromatic rings. The molecule has 2 rings (SSSR count). The van der Waals surface area contributed by atoms with Crippen LogP contribution in [0.15, 0.2) is 47.4 Å². The summed E-state index contributed by atoms with van der Waals surface area (Å²) >= 11 is 11.9. The third kappa shape index (κ3) is 4.38. The van der Waals surface area contributed by atoms with Gasteiger partial charge in [-0.25, -0.2) is 8.42 Å². The van der Waals surface area contributed by atoms with Gasteiger partial charge in [-0.05, 0) is 42.8 Å². The average Bonchev–Trinajstić information content (AvgIpc) is 2.50. The Balaban J connectivity index is 2.27. The van der Waals surface area contributed by atoms with Crippen molar-refractivity contribution in [2.75, 3.05) is 13.7 Å². The molecule has 0 aliphatic carbocycles. The second-order valence-corrected chi connectivity index (χ2v) is 7.77. The smallest absolute Gasteiger partial charge is 0.244 e. The molecule has 7 heteroatoms. The van der Waals surface area contributed by atoms with Crippen LogP contribution in [0, 0.1) is 0 Å². The van der Waals surface area contributed by atoms with Crippen molar-refractivity contribution in [3.05, 3.63) is 58.1 Å². The molecule has 0 spiro atoms. The first kappa shape index (κ1) is 18.1. The maximum atomic E-state index is 12.7. The van der Waals surface area contributed by atoms with Crippen LogP contribution in [0.25, 0.3) is 0 Å². The Kier molecular flexibility index (Phi) is 5.92. The Hall–Kier alpha value is -1.27. The van der Waals surface area contributed by atoms with Gasteiger partial charge >= 0.3 is 0 Å². The van der Waals surface area contributed by atoms with Crippen LogP contribution in [0.1, 0.15) is 12.5 Å². The SMILES string of the molecule is CCOc1cccc(CN(C)S(=O)(=O)c2cc(Cl)ccc2Cl)c1. The van der Waals surface area contributed by atoms with E-state index < -0.39 is 10.0 Å². The maximum absolute atomic E-state index is 12.7. The van der Waals surface area contributed by atoms with E-state index in [0.29, 0.717) is 17.4 Å². The van der Waals surface area contributed by atoms with E-state index in [-0.39, 0.29) is 16.5 Å². The fraction of sp³-hybridized carbons (Fsp3) is 0.250. The van der Waals surface area contributed by atoms with E-state index in [9.17, 15) is 8.42 Å². The first-order valence-corrected chi connectivity index (χ1v) is 9.17. The monoisotopic (exact) mass is 373 g/mol. The van der Waals surface area contributed by atoms with Crippen molar-refractivity contribution >= 4 is 33.2 Å². The Morgan fingerprint density at radius 1 is 1.13 bits per heavy atom. The van der Waals surface area contributed by atoms with Gasteiger partial charge in [0.25, 0.3) is 0 Å². The van der Waals surface area contributed by atoms with Gasteiger partial charge in [0.1, 0.15) is 10.6 Å². The molecule has 0 radical (unpaired) electrons. The van der Waals surface area contributed by atoms with Crippen molar-refractivity contribution < 1.29 is 13.2 Å². The molecular formula is C16H17Cl2NO3S. The zero-order valence-corrected chi connectivity index (χ0v) is 15.1. The third-order valence-corrected chi connectivity index (χ3v) is 5.72. The topological polar surface area (TPSA) is 46.6 Å². The normalized spacial score (nSPS) is 11.7. The second-order valence-electron chi connectivity index (χ2n) is 4.92. The zero-order valence-electron chi connectivity index (χ0n) is 12.8. The van der Waals surface area contributed by atoms with Crippen molar-refractivity contribution in [2.45, 2.75) is 18.4 Å². The maximum Gasteiger partial charge on any atom is 0.244 e. The molecule has 0 saturated heterocycles. The van der Waals surface area contributed by atoms with Crippen LogP contribution >= 0.6 is 23.2 Å². The van der Waals surface area contributed by atoms with Crippen LogP contribution in [-0.4, -0.2) is 26.4 Å². The molecule has 0 atom stereocenters. The average molecular weight is 374 g/mol. The molecule has 0 aromatic heterocycles. The lowest BCUT2D eigenvalue weighted by Gasteiger charge is -2.18. The number of hydrogen-bond donors (Lipinski definition) is 0. The van der Waals surface area contributed by atoms with Crippen molar-refractivity contribution in [3.8, 4) is 5.75 Å². The summed E-state index contributed by atoms with van der Waals surface area (Å²) in [5.41, 5.74) is 0.820. The lowest BCUT2D eigenvalue weighted by atomic mass is 10.2. The second kappa shape index (κ2) is 7.53. The quantitative estimate of drug-likeness (QED) is 0.761. The summed E-state index contributed by atoms with van der Waals surface area (Å²) in [6.07, 6.45) is 0. The highest BCUT2D eigenvalue weighted by Gasteiger charge is 2.24. The third-order valence-electron chi connectivity index (χ3n) is 3.20. The molecule has 0 N–H and O–H groups in total. The number of sulfonamides is 1. The fourth-order valence-electron chi connectivity index (χ4n) is 2.09. The number of hydrogen-bond acceptors (Lipinski definition) is 3. The van der Waals surface area contributed by atoms with Crippen LogP contribution in [0.5, 0.6) is 5.75 Å². The van der Waals surface area contributed by atoms with Crippen molar-refractivity contribution in [2.24, 2.45) is 0 Å². The number of rotatable bonds is 6. The van der Waals surface area contributed by atoms with Gasteiger partial charge in [0.05, 0.1) is 11.6 Å². The Morgan fingerprint density at radius 2 is 1.87 bits per heavy atom. The number of benzene rings is 2. The molecule has 4 nitrogen and oxygen atoms in total. The number of halogens is 2. The molecule has 0 aliphatic heterocycles. The highest BCUT2D eigenvalue weighted by molar-refractivity contribution is 7.89. The van der Waals surface area contributed by atoms with E-state index >= 15 is 0 Å². The molecule has 0 bridgehead atoms. The summed E-state index contributed by atoms with van der Waals surface area (Å²) in [7, 11) is -2.24. The minimum atomic E-state index is -3.74. The summed E-state index contributed by atoms with van der Waals surface area (Å²) in [5.74, 6) is 0.705. The number of ether oxygens (including phenoxy) is 1. The van der Waals surface area contributed by atoms with Gasteiger partial charge in [0, 0.05) is 18.6 Å². The highest BCUT2D eigenvalue weighted by Crippen LogP contribution is 2.28. The van der Waals surface area contributed by atoms with Gasteiger partial charge in [0.15, 0.2) is 0 Å². The van der Waals surface area contributed by atoms with E-state index in [4.69, 9.17) is 27.9 Å². The minimum absolute atomic E-state index is 0.00451. The van der Waals surface area contributed by atoms with Gasteiger partial charge in [-0.2, -0.15) is 4.31 Å². The van der Waals surface area contributed by atoms with Crippen LogP contribution in [0.4, 0.5) is 0 Å². The van der Waals surface area contributed by atoms with Gasteiger partial charge in [-0.3, -0.25) is 0 Å². The fourth-order valence-corrected chi connectivity index (χ4v) is 3.98. The van der Waals surface area contributed by atoms with E-state index in [1.54, 1.807) is 6.07 Å². The van der Waals surface area contributed by atoms with Gasteiger partial charge in [-0.15, -0.1) is 0 Å². The minimum Gasteiger partial charge on any atom is -0.494 e. The Morgan fingerprint density at radius 3 is 2.57 bits per heavy atom. The molecule has 2 aromatic carbocycles. The van der Waals surface area contributed by atoms with E-state index in [1.807, 2.05) is 31.2 Å². The molecule has 0 fully saturated rings. The Labute approximate surface area is 146 Å². The molecule has 0 amide bonds. The van der Waals surface area contributed by atoms with E-state index in [0.717, 1.165) is 5.56 Å². The predicted octanol–water partition coefficient (Wildman–Crippen LogP) is 4.21. The van der Waals surface area contributed by atoms with Crippen LogP contribution in [0.3, 0.4) is 0 Å². The van der Waals surface area contributed by atoms with Crippen molar-refractivity contribution in [3.63, 3.8) is 0 Å². The van der Waals surface area contributed by atoms with E-state index in [2.05, 4.69) is 0 Å². The van der Waals surface area contributed by atoms with Gasteiger partial charge < -0.3 is 4.74 Å². The van der Waals surface area contributed by atoms with E-state index in [1.165, 1.54) is 23.5 Å². The van der Waals surface area contributed by atoms with Crippen LogP contribution < -0.4 is 4.74 Å². The summed E-state index contributed by atoms with van der Waals surface area (Å²) in [5, 5.41) is 0.462. The molecule has 23 heavy (non-hydrogen) atoms. The van der Waals surface area contributed by atoms with Crippen LogP contribution in [-0.2, 0) is 16.6 Å². The van der Waals surface area contributed by atoms with Crippen molar-refractivity contribution in [1.29, 1.82) is 0 Å².